The summed E-state index contributed by atoms with van der Waals surface area (Å²) in [5.41, 5.74) is 1.30. The largest absolute Gasteiger partial charge is 0.352 e. The molecule has 0 saturated carbocycles. The third-order valence-electron chi connectivity index (χ3n) is 4.42. The van der Waals surface area contributed by atoms with Crippen LogP contribution in [-0.2, 0) is 14.8 Å². The molecule has 0 atom stereocenters. The first-order valence-electron chi connectivity index (χ1n) is 9.85. The third kappa shape index (κ3) is 6.83. The van der Waals surface area contributed by atoms with Crippen LogP contribution in [-0.4, -0.2) is 26.8 Å². The van der Waals surface area contributed by atoms with Crippen molar-refractivity contribution in [3.8, 4) is 0 Å². The van der Waals surface area contributed by atoms with Crippen molar-refractivity contribution in [2.24, 2.45) is 0 Å². The number of carbonyl (C=O) groups excluding carboxylic acids is 2. The van der Waals surface area contributed by atoms with Crippen molar-refractivity contribution >= 4 is 44.8 Å². The Labute approximate surface area is 191 Å². The number of carbonyl (C=O) groups is 2. The highest BCUT2D eigenvalue weighted by Crippen LogP contribution is 2.19. The summed E-state index contributed by atoms with van der Waals surface area (Å²) in [6.45, 7) is 0.339. The van der Waals surface area contributed by atoms with Crippen LogP contribution >= 0.6 is 11.6 Å². The molecular formula is C23H22ClN3O4S. The van der Waals surface area contributed by atoms with Gasteiger partial charge >= 0.3 is 0 Å². The molecule has 9 heteroatoms. The van der Waals surface area contributed by atoms with Crippen molar-refractivity contribution in [3.63, 3.8) is 0 Å². The number of nitrogens with one attached hydrogen (secondary N) is 3. The molecule has 32 heavy (non-hydrogen) atoms. The van der Waals surface area contributed by atoms with E-state index in [4.69, 9.17) is 11.6 Å². The number of hydrogen-bond acceptors (Lipinski definition) is 4. The Morgan fingerprint density at radius 3 is 2.25 bits per heavy atom. The highest BCUT2D eigenvalue weighted by Gasteiger charge is 2.14. The smallest absolute Gasteiger partial charge is 0.261 e. The minimum absolute atomic E-state index is 0.148. The Kier molecular flexibility index (Phi) is 7.86. The molecular weight excluding hydrogens is 450 g/mol. The van der Waals surface area contributed by atoms with Gasteiger partial charge in [0.05, 0.1) is 10.6 Å². The van der Waals surface area contributed by atoms with Crippen LogP contribution < -0.4 is 15.4 Å². The van der Waals surface area contributed by atoms with E-state index in [1.807, 2.05) is 0 Å². The summed E-state index contributed by atoms with van der Waals surface area (Å²) in [4.78, 5) is 24.4. The normalized spacial score (nSPS) is 10.9. The van der Waals surface area contributed by atoms with E-state index in [1.54, 1.807) is 66.7 Å². The van der Waals surface area contributed by atoms with Crippen molar-refractivity contribution in [2.75, 3.05) is 16.6 Å². The lowest BCUT2D eigenvalue weighted by Crippen LogP contribution is -2.25. The third-order valence-corrected chi connectivity index (χ3v) is 6.07. The van der Waals surface area contributed by atoms with E-state index in [2.05, 4.69) is 15.4 Å². The predicted octanol–water partition coefficient (Wildman–Crippen LogP) is 4.29. The van der Waals surface area contributed by atoms with Crippen molar-refractivity contribution < 1.29 is 18.0 Å². The molecule has 0 aliphatic heterocycles. The monoisotopic (exact) mass is 471 g/mol. The zero-order valence-electron chi connectivity index (χ0n) is 17.0. The number of halogens is 1. The highest BCUT2D eigenvalue weighted by atomic mass is 35.5. The van der Waals surface area contributed by atoms with Crippen LogP contribution in [0, 0.1) is 0 Å². The van der Waals surface area contributed by atoms with Crippen LogP contribution in [0.4, 0.5) is 11.4 Å². The number of amides is 2. The summed E-state index contributed by atoms with van der Waals surface area (Å²) in [6.07, 6.45) is 0.645. The molecule has 166 valence electrons. The second-order valence-corrected chi connectivity index (χ2v) is 9.03. The van der Waals surface area contributed by atoms with Gasteiger partial charge in [-0.05, 0) is 61.0 Å². The second kappa shape index (κ2) is 10.8. The molecule has 3 N–H and O–H groups in total. The van der Waals surface area contributed by atoms with E-state index in [0.717, 1.165) is 0 Å². The predicted molar refractivity (Wildman–Crippen MR) is 125 cm³/mol. The maximum Gasteiger partial charge on any atom is 0.261 e. The van der Waals surface area contributed by atoms with E-state index in [0.29, 0.717) is 34.9 Å². The summed E-state index contributed by atoms with van der Waals surface area (Å²) in [6, 6.07) is 21.0. The number of benzene rings is 3. The van der Waals surface area contributed by atoms with E-state index in [1.165, 1.54) is 12.1 Å². The lowest BCUT2D eigenvalue weighted by Gasteiger charge is -2.10. The highest BCUT2D eigenvalue weighted by molar-refractivity contribution is 7.92. The maximum absolute atomic E-state index is 12.4. The summed E-state index contributed by atoms with van der Waals surface area (Å²) >= 11 is 5.80. The average molecular weight is 472 g/mol. The number of hydrogen-bond donors (Lipinski definition) is 3. The second-order valence-electron chi connectivity index (χ2n) is 6.91. The van der Waals surface area contributed by atoms with Crippen LogP contribution in [0.5, 0.6) is 0 Å². The minimum Gasteiger partial charge on any atom is -0.352 e. The number of anilines is 2. The van der Waals surface area contributed by atoms with Gasteiger partial charge in [0.15, 0.2) is 0 Å². The molecule has 0 radical (unpaired) electrons. The molecule has 0 spiro atoms. The van der Waals surface area contributed by atoms with Crippen molar-refractivity contribution in [1.29, 1.82) is 0 Å². The number of rotatable bonds is 9. The molecule has 7 nitrogen and oxygen atoms in total. The minimum atomic E-state index is -3.72. The summed E-state index contributed by atoms with van der Waals surface area (Å²) < 4.78 is 27.4. The quantitative estimate of drug-likeness (QED) is 0.405. The molecule has 2 amide bonds. The van der Waals surface area contributed by atoms with Crippen LogP contribution in [0.1, 0.15) is 23.2 Å². The van der Waals surface area contributed by atoms with Gasteiger partial charge in [-0.15, -0.1) is 0 Å². The topological polar surface area (TPSA) is 104 Å². The van der Waals surface area contributed by atoms with Gasteiger partial charge in [0.25, 0.3) is 15.9 Å². The molecule has 0 aliphatic carbocycles. The van der Waals surface area contributed by atoms with Crippen LogP contribution in [0.25, 0.3) is 0 Å². The fourth-order valence-electron chi connectivity index (χ4n) is 2.85. The first-order chi connectivity index (χ1) is 15.3. The fraction of sp³-hybridized carbons (Fsp3) is 0.130. The van der Waals surface area contributed by atoms with Crippen molar-refractivity contribution in [3.05, 3.63) is 89.4 Å². The molecule has 3 aromatic rings. The molecule has 0 saturated heterocycles. The average Bonchev–Trinajstić information content (AvgIpc) is 2.77. The van der Waals surface area contributed by atoms with Gasteiger partial charge in [0.1, 0.15) is 0 Å². The van der Waals surface area contributed by atoms with Gasteiger partial charge in [0.2, 0.25) is 5.91 Å². The maximum atomic E-state index is 12.4. The molecule has 3 rings (SSSR count). The fourth-order valence-corrected chi connectivity index (χ4v) is 4.05. The van der Waals surface area contributed by atoms with Gasteiger partial charge in [0, 0.05) is 29.2 Å². The Balaban J connectivity index is 1.47. The standard InChI is InChI=1S/C23H22ClN3O4S/c24-18-13-11-17(12-14-18)23(29)25-15-5-10-22(28)26-19-6-4-7-20(16-19)27-32(30,31)21-8-2-1-3-9-21/h1-4,6-9,11-14,16,27H,5,10,15H2,(H,25,29)(H,26,28). The van der Waals surface area contributed by atoms with E-state index < -0.39 is 10.0 Å². The molecule has 0 bridgehead atoms. The first-order valence-corrected chi connectivity index (χ1v) is 11.7. The van der Waals surface area contributed by atoms with Crippen molar-refractivity contribution in [1.82, 2.24) is 5.32 Å². The van der Waals surface area contributed by atoms with Gasteiger partial charge in [-0.2, -0.15) is 0 Å². The van der Waals surface area contributed by atoms with Crippen LogP contribution in [0.3, 0.4) is 0 Å². The lowest BCUT2D eigenvalue weighted by molar-refractivity contribution is -0.116. The molecule has 0 fully saturated rings. The Morgan fingerprint density at radius 1 is 0.844 bits per heavy atom. The Hall–Kier alpha value is -3.36. The molecule has 0 aliphatic rings. The van der Waals surface area contributed by atoms with Crippen LogP contribution in [0.15, 0.2) is 83.8 Å². The zero-order chi connectivity index (χ0) is 23.0. The first kappa shape index (κ1) is 23.3. The summed E-state index contributed by atoms with van der Waals surface area (Å²) in [5.74, 6) is -0.478. The lowest BCUT2D eigenvalue weighted by atomic mass is 10.2. The zero-order valence-corrected chi connectivity index (χ0v) is 18.6. The SMILES string of the molecule is O=C(CCCNC(=O)c1ccc(Cl)cc1)Nc1cccc(NS(=O)(=O)c2ccccc2)c1. The van der Waals surface area contributed by atoms with Gasteiger partial charge < -0.3 is 10.6 Å². The molecule has 0 heterocycles. The number of sulfonamides is 1. The van der Waals surface area contributed by atoms with Gasteiger partial charge in [-0.25, -0.2) is 8.42 Å². The van der Waals surface area contributed by atoms with Crippen molar-refractivity contribution in [2.45, 2.75) is 17.7 Å². The Morgan fingerprint density at radius 2 is 1.53 bits per heavy atom. The van der Waals surface area contributed by atoms with E-state index in [-0.39, 0.29) is 23.1 Å². The summed E-state index contributed by atoms with van der Waals surface area (Å²) in [5, 5.41) is 6.03. The van der Waals surface area contributed by atoms with Gasteiger partial charge in [-0.1, -0.05) is 35.9 Å². The van der Waals surface area contributed by atoms with E-state index in [9.17, 15) is 18.0 Å². The molecule has 0 unspecified atom stereocenters. The summed E-state index contributed by atoms with van der Waals surface area (Å²) in [7, 11) is -3.72. The van der Waals surface area contributed by atoms with E-state index >= 15 is 0 Å². The molecule has 0 aromatic heterocycles. The molecule has 3 aromatic carbocycles. The Bertz CT molecular complexity index is 1180. The van der Waals surface area contributed by atoms with Gasteiger partial charge in [-0.3, -0.25) is 14.3 Å². The van der Waals surface area contributed by atoms with Crippen LogP contribution in [0.2, 0.25) is 5.02 Å².